The van der Waals surface area contributed by atoms with E-state index in [1.54, 1.807) is 11.8 Å². The van der Waals surface area contributed by atoms with Gasteiger partial charge in [-0.25, -0.2) is 0 Å². The van der Waals surface area contributed by atoms with Crippen LogP contribution in [0, 0.1) is 0 Å². The SMILES string of the molecule is CSc1nnc(NC(=S)Nc2ccccc2)s1. The number of hydrogen-bond donors (Lipinski definition) is 2. The van der Waals surface area contributed by atoms with Crippen molar-refractivity contribution in [1.82, 2.24) is 10.2 Å². The summed E-state index contributed by atoms with van der Waals surface area (Å²) in [7, 11) is 0. The third kappa shape index (κ3) is 3.65. The van der Waals surface area contributed by atoms with Crippen molar-refractivity contribution in [3.63, 3.8) is 0 Å². The Morgan fingerprint density at radius 2 is 2.00 bits per heavy atom. The maximum Gasteiger partial charge on any atom is 0.212 e. The van der Waals surface area contributed by atoms with Crippen molar-refractivity contribution in [3.8, 4) is 0 Å². The second kappa shape index (κ2) is 5.95. The lowest BCUT2D eigenvalue weighted by molar-refractivity contribution is 1.02. The van der Waals surface area contributed by atoms with Gasteiger partial charge < -0.3 is 10.6 Å². The van der Waals surface area contributed by atoms with Gasteiger partial charge >= 0.3 is 0 Å². The molecule has 0 bridgehead atoms. The van der Waals surface area contributed by atoms with Crippen LogP contribution in [-0.4, -0.2) is 21.6 Å². The summed E-state index contributed by atoms with van der Waals surface area (Å²) in [5, 5.41) is 15.2. The Morgan fingerprint density at radius 3 is 2.65 bits per heavy atom. The topological polar surface area (TPSA) is 49.8 Å². The Bertz CT molecular complexity index is 497. The Labute approximate surface area is 113 Å². The second-order valence-corrected chi connectivity index (χ2v) is 5.46. The van der Waals surface area contributed by atoms with Crippen LogP contribution in [0.25, 0.3) is 0 Å². The first kappa shape index (κ1) is 12.3. The van der Waals surface area contributed by atoms with Gasteiger partial charge in [0.05, 0.1) is 0 Å². The number of thioether (sulfide) groups is 1. The van der Waals surface area contributed by atoms with Crippen LogP contribution in [-0.2, 0) is 0 Å². The van der Waals surface area contributed by atoms with Crippen molar-refractivity contribution >= 4 is 51.2 Å². The fraction of sp³-hybridized carbons (Fsp3) is 0.100. The zero-order chi connectivity index (χ0) is 12.1. The maximum atomic E-state index is 5.17. The smallest absolute Gasteiger partial charge is 0.212 e. The molecule has 0 spiro atoms. The molecule has 1 heterocycles. The predicted molar refractivity (Wildman–Crippen MR) is 78.0 cm³/mol. The summed E-state index contributed by atoms with van der Waals surface area (Å²) in [6.45, 7) is 0. The Morgan fingerprint density at radius 1 is 1.24 bits per heavy atom. The molecule has 0 radical (unpaired) electrons. The van der Waals surface area contributed by atoms with Crippen molar-refractivity contribution in [2.45, 2.75) is 4.34 Å². The van der Waals surface area contributed by atoms with Crippen LogP contribution in [0.5, 0.6) is 0 Å². The number of rotatable bonds is 3. The van der Waals surface area contributed by atoms with Crippen molar-refractivity contribution in [2.24, 2.45) is 0 Å². The molecule has 0 aliphatic rings. The molecule has 0 saturated carbocycles. The van der Waals surface area contributed by atoms with E-state index in [4.69, 9.17) is 12.2 Å². The third-order valence-electron chi connectivity index (χ3n) is 1.83. The number of benzene rings is 1. The molecule has 2 rings (SSSR count). The standard InChI is InChI=1S/C10H10N4S3/c1-16-10-14-13-9(17-10)12-8(15)11-7-5-3-2-4-6-7/h2-6H,1H3,(H2,11,12,13,15). The third-order valence-corrected chi connectivity index (χ3v) is 3.85. The van der Waals surface area contributed by atoms with Crippen LogP contribution in [0.4, 0.5) is 10.8 Å². The summed E-state index contributed by atoms with van der Waals surface area (Å²) in [5.41, 5.74) is 0.944. The summed E-state index contributed by atoms with van der Waals surface area (Å²) in [4.78, 5) is 0. The number of nitrogens with zero attached hydrogens (tertiary/aromatic N) is 2. The molecule has 0 amide bonds. The fourth-order valence-electron chi connectivity index (χ4n) is 1.12. The minimum Gasteiger partial charge on any atom is -0.332 e. The van der Waals surface area contributed by atoms with Crippen LogP contribution in [0.15, 0.2) is 34.7 Å². The molecule has 0 aliphatic heterocycles. The van der Waals surface area contributed by atoms with E-state index in [0.29, 0.717) is 10.2 Å². The van der Waals surface area contributed by atoms with Crippen LogP contribution >= 0.6 is 35.3 Å². The van der Waals surface area contributed by atoms with Gasteiger partial charge in [0.2, 0.25) is 5.13 Å². The van der Waals surface area contributed by atoms with Gasteiger partial charge in [-0.2, -0.15) is 0 Å². The van der Waals surface area contributed by atoms with E-state index in [0.717, 1.165) is 10.0 Å². The van der Waals surface area contributed by atoms with Crippen molar-refractivity contribution in [1.29, 1.82) is 0 Å². The molecular formula is C10H10N4S3. The second-order valence-electron chi connectivity index (χ2n) is 3.02. The number of aromatic nitrogens is 2. The van der Waals surface area contributed by atoms with Gasteiger partial charge in [-0.15, -0.1) is 10.2 Å². The summed E-state index contributed by atoms with van der Waals surface area (Å²) < 4.78 is 0.912. The lowest BCUT2D eigenvalue weighted by Gasteiger charge is -2.07. The quantitative estimate of drug-likeness (QED) is 0.666. The largest absolute Gasteiger partial charge is 0.332 e. The summed E-state index contributed by atoms with van der Waals surface area (Å²) >= 11 is 8.21. The Balaban J connectivity index is 1.93. The number of nitrogens with one attached hydrogen (secondary N) is 2. The van der Waals surface area contributed by atoms with Crippen molar-refractivity contribution in [2.75, 3.05) is 16.9 Å². The number of anilines is 2. The van der Waals surface area contributed by atoms with E-state index < -0.39 is 0 Å². The van der Waals surface area contributed by atoms with Gasteiger partial charge in [-0.1, -0.05) is 41.3 Å². The first-order valence-corrected chi connectivity index (χ1v) is 7.23. The molecule has 0 saturated heterocycles. The van der Waals surface area contributed by atoms with E-state index in [2.05, 4.69) is 20.8 Å². The molecule has 88 valence electrons. The van der Waals surface area contributed by atoms with E-state index >= 15 is 0 Å². The van der Waals surface area contributed by atoms with Crippen LogP contribution < -0.4 is 10.6 Å². The summed E-state index contributed by atoms with van der Waals surface area (Å²) in [6, 6.07) is 9.74. The number of hydrogen-bond acceptors (Lipinski definition) is 5. The van der Waals surface area contributed by atoms with Crippen LogP contribution in [0.1, 0.15) is 0 Å². The van der Waals surface area contributed by atoms with Crippen molar-refractivity contribution in [3.05, 3.63) is 30.3 Å². The molecule has 0 unspecified atom stereocenters. The van der Waals surface area contributed by atoms with Crippen LogP contribution in [0.3, 0.4) is 0 Å². The zero-order valence-electron chi connectivity index (χ0n) is 9.01. The Hall–Kier alpha value is -1.18. The number of thiocarbonyl (C=S) groups is 1. The first-order chi connectivity index (χ1) is 8.28. The van der Waals surface area contributed by atoms with Gasteiger partial charge in [-0.3, -0.25) is 0 Å². The summed E-state index contributed by atoms with van der Waals surface area (Å²) in [5.74, 6) is 0. The number of para-hydroxylation sites is 1. The molecular weight excluding hydrogens is 272 g/mol. The average Bonchev–Trinajstić information content (AvgIpc) is 2.78. The Kier molecular flexibility index (Phi) is 4.29. The molecule has 4 nitrogen and oxygen atoms in total. The average molecular weight is 282 g/mol. The van der Waals surface area contributed by atoms with Crippen molar-refractivity contribution < 1.29 is 0 Å². The van der Waals surface area contributed by atoms with Gasteiger partial charge in [0, 0.05) is 5.69 Å². The molecule has 17 heavy (non-hydrogen) atoms. The zero-order valence-corrected chi connectivity index (χ0v) is 11.5. The van der Waals surface area contributed by atoms with Gasteiger partial charge in [0.25, 0.3) is 0 Å². The molecule has 2 aromatic rings. The molecule has 2 N–H and O–H groups in total. The lowest BCUT2D eigenvalue weighted by Crippen LogP contribution is -2.18. The van der Waals surface area contributed by atoms with Crippen LogP contribution in [0.2, 0.25) is 0 Å². The molecule has 1 aromatic carbocycles. The predicted octanol–water partition coefficient (Wildman–Crippen LogP) is 3.07. The maximum absolute atomic E-state index is 5.17. The van der Waals surface area contributed by atoms with Gasteiger partial charge in [0.1, 0.15) is 0 Å². The summed E-state index contributed by atoms with van der Waals surface area (Å²) in [6.07, 6.45) is 1.96. The fourth-order valence-corrected chi connectivity index (χ4v) is 2.58. The van der Waals surface area contributed by atoms with E-state index in [1.807, 2.05) is 36.6 Å². The highest BCUT2D eigenvalue weighted by molar-refractivity contribution is 8.00. The molecule has 0 aliphatic carbocycles. The molecule has 7 heteroatoms. The molecule has 1 aromatic heterocycles. The minimum absolute atomic E-state index is 0.514. The molecule has 0 atom stereocenters. The lowest BCUT2D eigenvalue weighted by atomic mass is 10.3. The highest BCUT2D eigenvalue weighted by atomic mass is 32.2. The van der Waals surface area contributed by atoms with E-state index in [9.17, 15) is 0 Å². The highest BCUT2D eigenvalue weighted by Crippen LogP contribution is 2.23. The minimum atomic E-state index is 0.514. The van der Waals surface area contributed by atoms with Gasteiger partial charge in [-0.05, 0) is 30.6 Å². The van der Waals surface area contributed by atoms with Gasteiger partial charge in [0.15, 0.2) is 9.45 Å². The highest BCUT2D eigenvalue weighted by Gasteiger charge is 2.04. The monoisotopic (exact) mass is 282 g/mol. The normalized spacial score (nSPS) is 9.94. The first-order valence-electron chi connectivity index (χ1n) is 4.78. The molecule has 0 fully saturated rings. The van der Waals surface area contributed by atoms with E-state index in [-0.39, 0.29) is 0 Å². The van der Waals surface area contributed by atoms with E-state index in [1.165, 1.54) is 11.3 Å².